The lowest BCUT2D eigenvalue weighted by molar-refractivity contribution is 0.480. The molecule has 5 heteroatoms. The van der Waals surface area contributed by atoms with Crippen LogP contribution in [0.15, 0.2) is 29.2 Å². The van der Waals surface area contributed by atoms with E-state index in [4.69, 9.17) is 11.6 Å². The van der Waals surface area contributed by atoms with Gasteiger partial charge in [-0.1, -0.05) is 32.4 Å². The van der Waals surface area contributed by atoms with Gasteiger partial charge in [-0.2, -0.15) is 0 Å². The molecule has 0 radical (unpaired) electrons. The summed E-state index contributed by atoms with van der Waals surface area (Å²) in [5.74, 6) is 0.523. The molecule has 1 aromatic carbocycles. The Morgan fingerprint density at radius 1 is 1.21 bits per heavy atom. The molecular formula is C14H22ClNO2S. The second kappa shape index (κ2) is 7.27. The summed E-state index contributed by atoms with van der Waals surface area (Å²) in [5.41, 5.74) is 1.16. The molecule has 19 heavy (non-hydrogen) atoms. The van der Waals surface area contributed by atoms with E-state index in [1.165, 1.54) is 0 Å². The van der Waals surface area contributed by atoms with E-state index in [0.717, 1.165) is 18.4 Å². The summed E-state index contributed by atoms with van der Waals surface area (Å²) < 4.78 is 27.0. The third-order valence-corrected chi connectivity index (χ3v) is 5.27. The predicted molar refractivity (Wildman–Crippen MR) is 80.1 cm³/mol. The highest BCUT2D eigenvalue weighted by molar-refractivity contribution is 7.89. The van der Waals surface area contributed by atoms with Crippen molar-refractivity contribution in [2.24, 2.45) is 5.92 Å². The van der Waals surface area contributed by atoms with Crippen LogP contribution in [0.2, 0.25) is 0 Å². The van der Waals surface area contributed by atoms with Crippen LogP contribution in [-0.2, 0) is 16.4 Å². The van der Waals surface area contributed by atoms with Crippen LogP contribution in [-0.4, -0.2) is 20.3 Å². The first-order chi connectivity index (χ1) is 8.90. The molecule has 0 aliphatic rings. The van der Waals surface area contributed by atoms with Crippen LogP contribution in [0.4, 0.5) is 0 Å². The lowest BCUT2D eigenvalue weighted by Gasteiger charge is -2.19. The standard InChI is InChI=1S/C14H22ClNO2S/c1-4-5-13-6-8-14(9-7-13)19(17,18)16-12(3)11(2)10-15/h6-9,11-12,16H,4-5,10H2,1-3H3. The molecule has 0 aliphatic carbocycles. The number of hydrogen-bond acceptors (Lipinski definition) is 2. The maximum Gasteiger partial charge on any atom is 0.240 e. The van der Waals surface area contributed by atoms with Crippen molar-refractivity contribution in [1.29, 1.82) is 0 Å². The van der Waals surface area contributed by atoms with Crippen LogP contribution in [0.1, 0.15) is 32.8 Å². The lowest BCUT2D eigenvalue weighted by atomic mass is 10.1. The Kier molecular flexibility index (Phi) is 6.30. The summed E-state index contributed by atoms with van der Waals surface area (Å²) in [5, 5.41) is 0. The first-order valence-corrected chi connectivity index (χ1v) is 8.59. The van der Waals surface area contributed by atoms with Crippen LogP contribution >= 0.6 is 11.6 Å². The zero-order valence-corrected chi connectivity index (χ0v) is 13.3. The van der Waals surface area contributed by atoms with Gasteiger partial charge in [-0.3, -0.25) is 0 Å². The Labute approximate surface area is 121 Å². The first-order valence-electron chi connectivity index (χ1n) is 6.58. The number of hydrogen-bond donors (Lipinski definition) is 1. The minimum Gasteiger partial charge on any atom is -0.208 e. The van der Waals surface area contributed by atoms with E-state index < -0.39 is 10.0 Å². The summed E-state index contributed by atoms with van der Waals surface area (Å²) in [4.78, 5) is 0.306. The highest BCUT2D eigenvalue weighted by atomic mass is 35.5. The zero-order chi connectivity index (χ0) is 14.5. The number of alkyl halides is 1. The molecule has 0 amide bonds. The molecule has 0 saturated heterocycles. The van der Waals surface area contributed by atoms with E-state index in [9.17, 15) is 8.42 Å². The molecule has 0 fully saturated rings. The van der Waals surface area contributed by atoms with Crippen LogP contribution in [0.3, 0.4) is 0 Å². The fourth-order valence-electron chi connectivity index (χ4n) is 1.69. The summed E-state index contributed by atoms with van der Waals surface area (Å²) in [6, 6.07) is 6.87. The molecule has 2 unspecified atom stereocenters. The molecule has 1 N–H and O–H groups in total. The highest BCUT2D eigenvalue weighted by Gasteiger charge is 2.20. The molecule has 108 valence electrons. The van der Waals surface area contributed by atoms with Crippen LogP contribution < -0.4 is 4.72 Å². The monoisotopic (exact) mass is 303 g/mol. The Hall–Kier alpha value is -0.580. The second-order valence-electron chi connectivity index (χ2n) is 4.94. The van der Waals surface area contributed by atoms with Gasteiger partial charge in [-0.05, 0) is 37.0 Å². The van der Waals surface area contributed by atoms with Crippen LogP contribution in [0, 0.1) is 5.92 Å². The third-order valence-electron chi connectivity index (χ3n) is 3.21. The van der Waals surface area contributed by atoms with Gasteiger partial charge in [0.1, 0.15) is 0 Å². The van der Waals surface area contributed by atoms with Gasteiger partial charge in [0.15, 0.2) is 0 Å². The largest absolute Gasteiger partial charge is 0.240 e. The number of nitrogens with one attached hydrogen (secondary N) is 1. The van der Waals surface area contributed by atoms with Gasteiger partial charge in [0, 0.05) is 11.9 Å². The van der Waals surface area contributed by atoms with Gasteiger partial charge < -0.3 is 0 Å². The van der Waals surface area contributed by atoms with Gasteiger partial charge in [-0.25, -0.2) is 13.1 Å². The molecule has 1 rings (SSSR count). The molecule has 0 aromatic heterocycles. The minimum absolute atomic E-state index is 0.0933. The third kappa shape index (κ3) is 4.79. The van der Waals surface area contributed by atoms with Crippen LogP contribution in [0.25, 0.3) is 0 Å². The van der Waals surface area contributed by atoms with E-state index in [1.807, 2.05) is 26.0 Å². The molecule has 0 aliphatic heterocycles. The van der Waals surface area contributed by atoms with Crippen molar-refractivity contribution >= 4 is 21.6 Å². The smallest absolute Gasteiger partial charge is 0.208 e. The first kappa shape index (κ1) is 16.5. The summed E-state index contributed by atoms with van der Waals surface area (Å²) >= 11 is 5.74. The Balaban J connectivity index is 2.82. The molecule has 0 bridgehead atoms. The van der Waals surface area contributed by atoms with Crippen molar-refractivity contribution in [1.82, 2.24) is 4.72 Å². The fraction of sp³-hybridized carbons (Fsp3) is 0.571. The van der Waals surface area contributed by atoms with E-state index in [-0.39, 0.29) is 12.0 Å². The lowest BCUT2D eigenvalue weighted by Crippen LogP contribution is -2.37. The quantitative estimate of drug-likeness (QED) is 0.786. The average molecular weight is 304 g/mol. The molecule has 1 aromatic rings. The van der Waals surface area contributed by atoms with Gasteiger partial charge >= 0.3 is 0 Å². The predicted octanol–water partition coefficient (Wildman–Crippen LogP) is 3.18. The summed E-state index contributed by atoms with van der Waals surface area (Å²) in [6.45, 7) is 5.85. The fourth-order valence-corrected chi connectivity index (χ4v) is 3.31. The Bertz CT molecular complexity index is 485. The van der Waals surface area contributed by atoms with Crippen molar-refractivity contribution in [3.63, 3.8) is 0 Å². The molecule has 0 heterocycles. The van der Waals surface area contributed by atoms with Crippen molar-refractivity contribution in [3.8, 4) is 0 Å². The summed E-state index contributed by atoms with van der Waals surface area (Å²) in [6.07, 6.45) is 2.02. The van der Waals surface area contributed by atoms with Gasteiger partial charge in [0.05, 0.1) is 4.90 Å². The highest BCUT2D eigenvalue weighted by Crippen LogP contribution is 2.14. The number of benzene rings is 1. The molecule has 2 atom stereocenters. The van der Waals surface area contributed by atoms with Gasteiger partial charge in [-0.15, -0.1) is 11.6 Å². The number of aryl methyl sites for hydroxylation is 1. The normalized spacial score (nSPS) is 15.2. The van der Waals surface area contributed by atoms with Crippen molar-refractivity contribution in [2.45, 2.75) is 44.6 Å². The van der Waals surface area contributed by atoms with Crippen molar-refractivity contribution in [3.05, 3.63) is 29.8 Å². The van der Waals surface area contributed by atoms with Gasteiger partial charge in [0.2, 0.25) is 10.0 Å². The summed E-state index contributed by atoms with van der Waals surface area (Å²) in [7, 11) is -3.45. The number of halogens is 1. The molecule has 0 spiro atoms. The maximum absolute atomic E-state index is 12.2. The maximum atomic E-state index is 12.2. The zero-order valence-electron chi connectivity index (χ0n) is 11.7. The number of rotatable bonds is 7. The van der Waals surface area contributed by atoms with Crippen molar-refractivity contribution < 1.29 is 8.42 Å². The van der Waals surface area contributed by atoms with Crippen molar-refractivity contribution in [2.75, 3.05) is 5.88 Å². The Morgan fingerprint density at radius 3 is 2.26 bits per heavy atom. The number of sulfonamides is 1. The second-order valence-corrected chi connectivity index (χ2v) is 6.96. The van der Waals surface area contributed by atoms with E-state index >= 15 is 0 Å². The minimum atomic E-state index is -3.45. The van der Waals surface area contributed by atoms with E-state index in [2.05, 4.69) is 11.6 Å². The van der Waals surface area contributed by atoms with E-state index in [1.54, 1.807) is 12.1 Å². The Morgan fingerprint density at radius 2 is 1.79 bits per heavy atom. The average Bonchev–Trinajstić information content (AvgIpc) is 2.38. The topological polar surface area (TPSA) is 46.2 Å². The van der Waals surface area contributed by atoms with E-state index in [0.29, 0.717) is 10.8 Å². The molecule has 0 saturated carbocycles. The molecular weight excluding hydrogens is 282 g/mol. The van der Waals surface area contributed by atoms with Gasteiger partial charge in [0.25, 0.3) is 0 Å². The molecule has 3 nitrogen and oxygen atoms in total. The van der Waals surface area contributed by atoms with Crippen LogP contribution in [0.5, 0.6) is 0 Å². The SMILES string of the molecule is CCCc1ccc(S(=O)(=O)NC(C)C(C)CCl)cc1.